The number of rotatable bonds is 2. The average Bonchev–Trinajstić information content (AvgIpc) is 2.03. The maximum atomic E-state index is 11.5. The molecule has 1 N–H and O–H groups in total. The van der Waals surface area contributed by atoms with Gasteiger partial charge >= 0.3 is 0 Å². The third-order valence-electron chi connectivity index (χ3n) is 2.91. The van der Waals surface area contributed by atoms with Gasteiger partial charge in [0.1, 0.15) is 5.78 Å². The molecule has 0 spiro atoms. The summed E-state index contributed by atoms with van der Waals surface area (Å²) in [5.41, 5.74) is 0. The third kappa shape index (κ3) is 2.07. The molecular weight excluding hydrogens is 152 g/mol. The van der Waals surface area contributed by atoms with Crippen molar-refractivity contribution >= 4 is 5.78 Å². The Morgan fingerprint density at radius 3 is 2.75 bits per heavy atom. The zero-order valence-electron chi connectivity index (χ0n) is 7.92. The predicted octanol–water partition coefficient (Wildman–Crippen LogP) is 1.62. The standard InChI is InChI=1S/C10H18O2/c1-7-3-4-9(8(2)6-11)10(12)5-7/h7-9,11H,3-6H2,1-2H3. The first kappa shape index (κ1) is 9.72. The summed E-state index contributed by atoms with van der Waals surface area (Å²) in [4.78, 5) is 11.5. The molecule has 1 saturated carbocycles. The highest BCUT2D eigenvalue weighted by molar-refractivity contribution is 5.82. The molecule has 2 nitrogen and oxygen atoms in total. The molecule has 0 aliphatic heterocycles. The van der Waals surface area contributed by atoms with Gasteiger partial charge in [0.05, 0.1) is 0 Å². The molecule has 1 rings (SSSR count). The van der Waals surface area contributed by atoms with E-state index >= 15 is 0 Å². The summed E-state index contributed by atoms with van der Waals surface area (Å²) in [6.45, 7) is 4.22. The average molecular weight is 170 g/mol. The molecule has 0 amide bonds. The number of carbonyl (C=O) groups is 1. The number of carbonyl (C=O) groups excluding carboxylic acids is 1. The molecule has 0 radical (unpaired) electrons. The van der Waals surface area contributed by atoms with E-state index < -0.39 is 0 Å². The van der Waals surface area contributed by atoms with Gasteiger partial charge in [0, 0.05) is 18.9 Å². The van der Waals surface area contributed by atoms with Gasteiger partial charge in [-0.3, -0.25) is 4.79 Å². The number of hydrogen-bond acceptors (Lipinski definition) is 2. The van der Waals surface area contributed by atoms with Gasteiger partial charge in [-0.2, -0.15) is 0 Å². The summed E-state index contributed by atoms with van der Waals surface area (Å²) in [5, 5.41) is 8.92. The minimum Gasteiger partial charge on any atom is -0.396 e. The van der Waals surface area contributed by atoms with Crippen LogP contribution >= 0.6 is 0 Å². The second-order valence-corrected chi connectivity index (χ2v) is 4.12. The lowest BCUT2D eigenvalue weighted by molar-refractivity contribution is -0.128. The Hall–Kier alpha value is -0.370. The van der Waals surface area contributed by atoms with Gasteiger partial charge in [-0.05, 0) is 24.7 Å². The molecule has 70 valence electrons. The van der Waals surface area contributed by atoms with Crippen molar-refractivity contribution in [1.29, 1.82) is 0 Å². The lowest BCUT2D eigenvalue weighted by atomic mass is 9.76. The molecule has 1 aliphatic carbocycles. The van der Waals surface area contributed by atoms with E-state index in [0.717, 1.165) is 19.3 Å². The van der Waals surface area contributed by atoms with Crippen LogP contribution in [-0.4, -0.2) is 17.5 Å². The second kappa shape index (κ2) is 4.04. The SMILES string of the molecule is CC1CCC(C(C)CO)C(=O)C1. The Bertz CT molecular complexity index is 165. The van der Waals surface area contributed by atoms with E-state index in [1.807, 2.05) is 6.92 Å². The minimum atomic E-state index is 0.131. The van der Waals surface area contributed by atoms with Crippen molar-refractivity contribution in [3.8, 4) is 0 Å². The highest BCUT2D eigenvalue weighted by Crippen LogP contribution is 2.30. The number of hydrogen-bond donors (Lipinski definition) is 1. The van der Waals surface area contributed by atoms with Gasteiger partial charge in [-0.25, -0.2) is 0 Å². The zero-order valence-corrected chi connectivity index (χ0v) is 7.92. The summed E-state index contributed by atoms with van der Waals surface area (Å²) >= 11 is 0. The summed E-state index contributed by atoms with van der Waals surface area (Å²) in [5.74, 6) is 1.20. The normalized spacial score (nSPS) is 33.4. The molecule has 1 fully saturated rings. The number of aliphatic hydroxyl groups excluding tert-OH is 1. The quantitative estimate of drug-likeness (QED) is 0.683. The van der Waals surface area contributed by atoms with Crippen LogP contribution in [0, 0.1) is 17.8 Å². The van der Waals surface area contributed by atoms with Crippen LogP contribution in [0.15, 0.2) is 0 Å². The van der Waals surface area contributed by atoms with Crippen LogP contribution in [0.5, 0.6) is 0 Å². The molecule has 0 bridgehead atoms. The van der Waals surface area contributed by atoms with E-state index in [0.29, 0.717) is 11.7 Å². The number of ketones is 1. The number of aliphatic hydroxyl groups is 1. The topological polar surface area (TPSA) is 37.3 Å². The van der Waals surface area contributed by atoms with E-state index in [1.165, 1.54) is 0 Å². The fraction of sp³-hybridized carbons (Fsp3) is 0.900. The van der Waals surface area contributed by atoms with Gasteiger partial charge in [-0.1, -0.05) is 13.8 Å². The molecule has 0 saturated heterocycles. The molecule has 3 atom stereocenters. The van der Waals surface area contributed by atoms with Gasteiger partial charge in [0.2, 0.25) is 0 Å². The van der Waals surface area contributed by atoms with Crippen LogP contribution in [0.2, 0.25) is 0 Å². The van der Waals surface area contributed by atoms with E-state index in [1.54, 1.807) is 0 Å². The maximum absolute atomic E-state index is 11.5. The Balaban J connectivity index is 2.50. The Morgan fingerprint density at radius 2 is 2.25 bits per heavy atom. The second-order valence-electron chi connectivity index (χ2n) is 4.12. The minimum absolute atomic E-state index is 0.131. The fourth-order valence-electron chi connectivity index (χ4n) is 1.95. The molecule has 12 heavy (non-hydrogen) atoms. The highest BCUT2D eigenvalue weighted by atomic mass is 16.3. The molecule has 0 aromatic carbocycles. The van der Waals surface area contributed by atoms with Crippen LogP contribution in [-0.2, 0) is 4.79 Å². The monoisotopic (exact) mass is 170 g/mol. The van der Waals surface area contributed by atoms with Crippen molar-refractivity contribution in [3.63, 3.8) is 0 Å². The third-order valence-corrected chi connectivity index (χ3v) is 2.91. The van der Waals surface area contributed by atoms with Gasteiger partial charge in [0.15, 0.2) is 0 Å². The largest absolute Gasteiger partial charge is 0.396 e. The number of Topliss-reactive ketones (excluding diaryl/α,β-unsaturated/α-hetero) is 1. The summed E-state index contributed by atoms with van der Waals surface area (Å²) < 4.78 is 0. The predicted molar refractivity (Wildman–Crippen MR) is 47.8 cm³/mol. The molecule has 0 heterocycles. The highest BCUT2D eigenvalue weighted by Gasteiger charge is 2.29. The van der Waals surface area contributed by atoms with E-state index in [2.05, 4.69) is 6.92 Å². The first-order valence-electron chi connectivity index (χ1n) is 4.78. The maximum Gasteiger partial charge on any atom is 0.136 e. The van der Waals surface area contributed by atoms with E-state index in [9.17, 15) is 4.79 Å². The Morgan fingerprint density at radius 1 is 1.58 bits per heavy atom. The van der Waals surface area contributed by atoms with Gasteiger partial charge in [0.25, 0.3) is 0 Å². The van der Waals surface area contributed by atoms with Crippen molar-refractivity contribution in [2.75, 3.05) is 6.61 Å². The first-order valence-corrected chi connectivity index (χ1v) is 4.78. The summed E-state index contributed by atoms with van der Waals surface area (Å²) in [7, 11) is 0. The fourth-order valence-corrected chi connectivity index (χ4v) is 1.95. The van der Waals surface area contributed by atoms with E-state index in [4.69, 9.17) is 5.11 Å². The van der Waals surface area contributed by atoms with Crippen molar-refractivity contribution < 1.29 is 9.90 Å². The van der Waals surface area contributed by atoms with Crippen LogP contribution in [0.3, 0.4) is 0 Å². The molecule has 0 aromatic heterocycles. The van der Waals surface area contributed by atoms with Crippen LogP contribution in [0.25, 0.3) is 0 Å². The van der Waals surface area contributed by atoms with Gasteiger partial charge < -0.3 is 5.11 Å². The lowest BCUT2D eigenvalue weighted by Gasteiger charge is -2.28. The summed E-state index contributed by atoms with van der Waals surface area (Å²) in [6, 6.07) is 0. The molecule has 2 heteroatoms. The zero-order chi connectivity index (χ0) is 9.14. The van der Waals surface area contributed by atoms with Crippen molar-refractivity contribution in [3.05, 3.63) is 0 Å². The van der Waals surface area contributed by atoms with Crippen LogP contribution < -0.4 is 0 Å². The van der Waals surface area contributed by atoms with Crippen molar-refractivity contribution in [1.82, 2.24) is 0 Å². The van der Waals surface area contributed by atoms with Crippen LogP contribution in [0.1, 0.15) is 33.1 Å². The molecule has 0 aromatic rings. The molecule has 3 unspecified atom stereocenters. The van der Waals surface area contributed by atoms with Crippen molar-refractivity contribution in [2.24, 2.45) is 17.8 Å². The Labute approximate surface area is 74.0 Å². The van der Waals surface area contributed by atoms with E-state index in [-0.39, 0.29) is 18.4 Å². The first-order chi connectivity index (χ1) is 5.65. The smallest absolute Gasteiger partial charge is 0.136 e. The summed E-state index contributed by atoms with van der Waals surface area (Å²) in [6.07, 6.45) is 2.83. The molecular formula is C10H18O2. The Kier molecular flexibility index (Phi) is 3.27. The molecule has 1 aliphatic rings. The van der Waals surface area contributed by atoms with Gasteiger partial charge in [-0.15, -0.1) is 0 Å². The van der Waals surface area contributed by atoms with Crippen LogP contribution in [0.4, 0.5) is 0 Å². The lowest BCUT2D eigenvalue weighted by Crippen LogP contribution is -2.30. The van der Waals surface area contributed by atoms with Crippen molar-refractivity contribution in [2.45, 2.75) is 33.1 Å².